The lowest BCUT2D eigenvalue weighted by atomic mass is 9.97. The molecule has 1 aromatic heterocycles. The van der Waals surface area contributed by atoms with Crippen molar-refractivity contribution in [2.24, 2.45) is 5.10 Å². The second-order valence-corrected chi connectivity index (χ2v) is 7.71. The van der Waals surface area contributed by atoms with Gasteiger partial charge in [-0.3, -0.25) is 4.79 Å². The summed E-state index contributed by atoms with van der Waals surface area (Å²) >= 11 is 6.59. The highest BCUT2D eigenvalue weighted by atomic mass is 35.5. The molecule has 0 fully saturated rings. The number of hydrazone groups is 1. The van der Waals surface area contributed by atoms with Crippen LogP contribution in [0.1, 0.15) is 37.4 Å². The van der Waals surface area contributed by atoms with Gasteiger partial charge in [0.1, 0.15) is 22.4 Å². The Balaban J connectivity index is 1.73. The van der Waals surface area contributed by atoms with Gasteiger partial charge in [-0.05, 0) is 37.3 Å². The minimum atomic E-state index is -0.370. The molecule has 1 amide bonds. The van der Waals surface area contributed by atoms with Gasteiger partial charge in [0.2, 0.25) is 5.91 Å². The van der Waals surface area contributed by atoms with Gasteiger partial charge in [-0.15, -0.1) is 0 Å². The molecule has 32 heavy (non-hydrogen) atoms. The minimum Gasteiger partial charge on any atom is -0.497 e. The lowest BCUT2D eigenvalue weighted by molar-refractivity contribution is -0.130. The van der Waals surface area contributed by atoms with Crippen molar-refractivity contribution in [2.75, 3.05) is 20.8 Å². The lowest BCUT2D eigenvalue weighted by Crippen LogP contribution is -2.24. The van der Waals surface area contributed by atoms with Crippen LogP contribution in [0.4, 0.5) is 0 Å². The molecular formula is C24H24ClN3O4. The average Bonchev–Trinajstić information content (AvgIpc) is 3.23. The molecule has 0 N–H and O–H groups in total. The van der Waals surface area contributed by atoms with E-state index in [1.807, 2.05) is 43.3 Å². The van der Waals surface area contributed by atoms with Gasteiger partial charge < -0.3 is 14.2 Å². The van der Waals surface area contributed by atoms with E-state index in [4.69, 9.17) is 25.8 Å². The molecule has 0 bridgehead atoms. The Kier molecular flexibility index (Phi) is 6.19. The van der Waals surface area contributed by atoms with Crippen molar-refractivity contribution in [1.29, 1.82) is 0 Å². The van der Waals surface area contributed by atoms with Gasteiger partial charge in [-0.2, -0.15) is 5.10 Å². The van der Waals surface area contributed by atoms with Crippen LogP contribution in [0, 0.1) is 0 Å². The fourth-order valence-corrected chi connectivity index (χ4v) is 4.14. The van der Waals surface area contributed by atoms with Gasteiger partial charge in [-0.1, -0.05) is 11.6 Å². The number of ether oxygens (including phenoxy) is 3. The van der Waals surface area contributed by atoms with Crippen LogP contribution in [0.2, 0.25) is 5.15 Å². The summed E-state index contributed by atoms with van der Waals surface area (Å²) in [6, 6.07) is 12.8. The first kappa shape index (κ1) is 21.9. The summed E-state index contributed by atoms with van der Waals surface area (Å²) in [6.45, 7) is 3.99. The molecule has 0 aliphatic carbocycles. The quantitative estimate of drug-likeness (QED) is 0.491. The van der Waals surface area contributed by atoms with E-state index in [-0.39, 0.29) is 11.9 Å². The molecule has 1 unspecified atom stereocenters. The maximum Gasteiger partial charge on any atom is 0.240 e. The fourth-order valence-electron chi connectivity index (χ4n) is 3.87. The first-order valence-corrected chi connectivity index (χ1v) is 10.7. The average molecular weight is 454 g/mol. The number of rotatable bonds is 6. The molecule has 8 heteroatoms. The largest absolute Gasteiger partial charge is 0.497 e. The number of aromatic nitrogens is 1. The Morgan fingerprint density at radius 3 is 2.59 bits per heavy atom. The van der Waals surface area contributed by atoms with Crippen molar-refractivity contribution >= 4 is 34.1 Å². The third-order valence-corrected chi connectivity index (χ3v) is 5.70. The Labute approximate surface area is 191 Å². The van der Waals surface area contributed by atoms with Crippen LogP contribution in [0.5, 0.6) is 17.2 Å². The molecular weight excluding hydrogens is 430 g/mol. The summed E-state index contributed by atoms with van der Waals surface area (Å²) in [5, 5.41) is 7.32. The molecule has 0 radical (unpaired) electrons. The highest BCUT2D eigenvalue weighted by Gasteiger charge is 2.34. The molecule has 0 saturated carbocycles. The highest BCUT2D eigenvalue weighted by molar-refractivity contribution is 6.30. The Bertz CT molecular complexity index is 1210. The van der Waals surface area contributed by atoms with E-state index in [9.17, 15) is 4.79 Å². The van der Waals surface area contributed by atoms with Crippen molar-refractivity contribution in [1.82, 2.24) is 9.99 Å². The summed E-state index contributed by atoms with van der Waals surface area (Å²) in [7, 11) is 3.19. The van der Waals surface area contributed by atoms with E-state index in [1.165, 1.54) is 11.9 Å². The van der Waals surface area contributed by atoms with Crippen LogP contribution in [0.25, 0.3) is 10.9 Å². The topological polar surface area (TPSA) is 73.2 Å². The number of amides is 1. The van der Waals surface area contributed by atoms with Crippen LogP contribution in [0.3, 0.4) is 0 Å². The third-order valence-electron chi connectivity index (χ3n) is 5.39. The first-order chi connectivity index (χ1) is 15.4. The van der Waals surface area contributed by atoms with Crippen LogP contribution in [0.15, 0.2) is 47.6 Å². The number of pyridine rings is 1. The van der Waals surface area contributed by atoms with Gasteiger partial charge >= 0.3 is 0 Å². The van der Waals surface area contributed by atoms with E-state index < -0.39 is 0 Å². The Morgan fingerprint density at radius 1 is 1.12 bits per heavy atom. The number of fused-ring (bicyclic) bond motifs is 1. The molecule has 0 spiro atoms. The van der Waals surface area contributed by atoms with Crippen molar-refractivity contribution in [2.45, 2.75) is 26.3 Å². The standard InChI is InChI=1S/C24H24ClN3O4/c1-5-32-17-7-6-15-10-19(24(25)26-20(15)11-17)22-13-21(27-28(22)14(2)29)18-9-8-16(30-3)12-23(18)31-4/h6-12,22H,5,13H2,1-4H3. The number of halogens is 1. The Hall–Kier alpha value is -3.32. The molecule has 4 rings (SSSR count). The molecule has 1 aliphatic heterocycles. The summed E-state index contributed by atoms with van der Waals surface area (Å²) in [6.07, 6.45) is 0.478. The van der Waals surface area contributed by atoms with Gasteiger partial charge in [0.15, 0.2) is 0 Å². The van der Waals surface area contributed by atoms with Gasteiger partial charge in [-0.25, -0.2) is 9.99 Å². The van der Waals surface area contributed by atoms with Crippen molar-refractivity contribution in [3.63, 3.8) is 0 Å². The summed E-state index contributed by atoms with van der Waals surface area (Å²) in [5.74, 6) is 1.86. The monoisotopic (exact) mass is 453 g/mol. The molecule has 0 saturated heterocycles. The number of carbonyl (C=O) groups is 1. The van der Waals surface area contributed by atoms with Crippen LogP contribution in [-0.2, 0) is 4.79 Å². The number of nitrogens with zero attached hydrogens (tertiary/aromatic N) is 3. The van der Waals surface area contributed by atoms with E-state index in [0.29, 0.717) is 29.7 Å². The second-order valence-electron chi connectivity index (χ2n) is 7.35. The van der Waals surface area contributed by atoms with Crippen molar-refractivity contribution in [3.8, 4) is 17.2 Å². The number of carbonyl (C=O) groups excluding carboxylic acids is 1. The maximum atomic E-state index is 12.4. The van der Waals surface area contributed by atoms with Crippen molar-refractivity contribution < 1.29 is 19.0 Å². The van der Waals surface area contributed by atoms with E-state index in [1.54, 1.807) is 20.3 Å². The predicted octanol–water partition coefficient (Wildman–Crippen LogP) is 5.00. The molecule has 1 atom stereocenters. The smallest absolute Gasteiger partial charge is 0.240 e. The summed E-state index contributed by atoms with van der Waals surface area (Å²) in [5.41, 5.74) is 3.00. The maximum absolute atomic E-state index is 12.4. The zero-order valence-electron chi connectivity index (χ0n) is 18.4. The van der Waals surface area contributed by atoms with E-state index >= 15 is 0 Å². The number of hydrogen-bond donors (Lipinski definition) is 0. The van der Waals surface area contributed by atoms with E-state index in [0.717, 1.165) is 33.5 Å². The summed E-state index contributed by atoms with van der Waals surface area (Å²) in [4.78, 5) is 17.0. The SMILES string of the molecule is CCOc1ccc2cc(C3CC(c4ccc(OC)cc4OC)=NN3C(C)=O)c(Cl)nc2c1. The first-order valence-electron chi connectivity index (χ1n) is 10.3. The third kappa shape index (κ3) is 4.08. The number of benzene rings is 2. The van der Waals surface area contributed by atoms with Gasteiger partial charge in [0.25, 0.3) is 0 Å². The molecule has 2 aromatic carbocycles. The van der Waals surface area contributed by atoms with Gasteiger partial charge in [0.05, 0.1) is 38.1 Å². The lowest BCUT2D eigenvalue weighted by Gasteiger charge is -2.21. The number of methoxy groups -OCH3 is 2. The van der Waals surface area contributed by atoms with Gasteiger partial charge in [0, 0.05) is 42.0 Å². The zero-order chi connectivity index (χ0) is 22.8. The minimum absolute atomic E-state index is 0.180. The summed E-state index contributed by atoms with van der Waals surface area (Å²) < 4.78 is 16.4. The molecule has 2 heterocycles. The molecule has 7 nitrogen and oxygen atoms in total. The fraction of sp³-hybridized carbons (Fsp3) is 0.292. The van der Waals surface area contributed by atoms with Crippen LogP contribution >= 0.6 is 11.6 Å². The molecule has 166 valence electrons. The Morgan fingerprint density at radius 2 is 1.91 bits per heavy atom. The second kappa shape index (κ2) is 9.04. The van der Waals surface area contributed by atoms with Crippen molar-refractivity contribution in [3.05, 3.63) is 58.7 Å². The van der Waals surface area contributed by atoms with Crippen LogP contribution in [-0.4, -0.2) is 42.4 Å². The van der Waals surface area contributed by atoms with E-state index in [2.05, 4.69) is 10.1 Å². The predicted molar refractivity (Wildman–Crippen MR) is 124 cm³/mol. The normalized spacial score (nSPS) is 15.6. The highest BCUT2D eigenvalue weighted by Crippen LogP contribution is 2.39. The molecule has 1 aliphatic rings. The van der Waals surface area contributed by atoms with Crippen LogP contribution < -0.4 is 14.2 Å². The zero-order valence-corrected chi connectivity index (χ0v) is 19.1. The molecule has 3 aromatic rings. The number of hydrogen-bond acceptors (Lipinski definition) is 6.